The summed E-state index contributed by atoms with van der Waals surface area (Å²) in [4.78, 5) is 10.8. The summed E-state index contributed by atoms with van der Waals surface area (Å²) in [6.45, 7) is 0. The van der Waals surface area contributed by atoms with Crippen LogP contribution in [0.25, 0.3) is 0 Å². The zero-order valence-corrected chi connectivity index (χ0v) is 7.49. The highest BCUT2D eigenvalue weighted by molar-refractivity contribution is 5.69. The van der Waals surface area contributed by atoms with Crippen LogP contribution in [-0.2, 0) is 11.2 Å². The first-order valence-corrected chi connectivity index (χ1v) is 4.65. The van der Waals surface area contributed by atoms with Gasteiger partial charge in [-0.25, -0.2) is 0 Å². The molecule has 0 spiro atoms. The molecule has 1 aromatic rings. The molecule has 2 nitrogen and oxygen atoms in total. The first-order valence-electron chi connectivity index (χ1n) is 4.65. The van der Waals surface area contributed by atoms with E-state index in [4.69, 9.17) is 5.73 Å². The first-order chi connectivity index (χ1) is 6.33. The second kappa shape index (κ2) is 3.21. The molecule has 0 fully saturated rings. The molecule has 2 heteroatoms. The monoisotopic (exact) mass is 175 g/mol. The van der Waals surface area contributed by atoms with Gasteiger partial charge in [0.15, 0.2) is 0 Å². The van der Waals surface area contributed by atoms with Crippen LogP contribution in [0, 0.1) is 0 Å². The van der Waals surface area contributed by atoms with Gasteiger partial charge in [-0.15, -0.1) is 0 Å². The van der Waals surface area contributed by atoms with E-state index in [1.807, 2.05) is 12.1 Å². The molecule has 2 N–H and O–H groups in total. The predicted molar refractivity (Wildman–Crippen MR) is 52.6 cm³/mol. The maximum Gasteiger partial charge on any atom is 0.127 e. The van der Waals surface area contributed by atoms with Crippen molar-refractivity contribution in [3.63, 3.8) is 0 Å². The van der Waals surface area contributed by atoms with Gasteiger partial charge in [-0.2, -0.15) is 0 Å². The predicted octanol–water partition coefficient (Wildman–Crippen LogP) is 1.89. The van der Waals surface area contributed by atoms with Crippen LogP contribution in [0.2, 0.25) is 0 Å². The number of hydrogen-bond acceptors (Lipinski definition) is 2. The number of aldehydes is 1. The molecule has 2 rings (SSSR count). The van der Waals surface area contributed by atoms with Gasteiger partial charge in [0.05, 0.1) is 0 Å². The second-order valence-corrected chi connectivity index (χ2v) is 3.55. The Morgan fingerprint density at radius 2 is 2.31 bits per heavy atom. The van der Waals surface area contributed by atoms with Crippen LogP contribution in [0.1, 0.15) is 29.9 Å². The molecule has 0 aliphatic heterocycles. The number of nitrogen functional groups attached to an aromatic ring is 1. The summed E-state index contributed by atoms with van der Waals surface area (Å²) in [7, 11) is 0. The zero-order chi connectivity index (χ0) is 9.26. The lowest BCUT2D eigenvalue weighted by Gasteiger charge is -2.22. The van der Waals surface area contributed by atoms with Crippen LogP contribution < -0.4 is 5.73 Å². The lowest BCUT2D eigenvalue weighted by Crippen LogP contribution is -2.13. The highest BCUT2D eigenvalue weighted by atomic mass is 16.1. The maximum absolute atomic E-state index is 10.8. The number of benzene rings is 1. The van der Waals surface area contributed by atoms with E-state index in [-0.39, 0.29) is 5.92 Å². The average molecular weight is 175 g/mol. The Hall–Kier alpha value is -1.31. The number of carbonyl (C=O) groups excluding carboxylic acids is 1. The van der Waals surface area contributed by atoms with Crippen molar-refractivity contribution in [2.45, 2.75) is 25.2 Å². The number of rotatable bonds is 1. The van der Waals surface area contributed by atoms with Crippen molar-refractivity contribution < 1.29 is 4.79 Å². The van der Waals surface area contributed by atoms with E-state index < -0.39 is 0 Å². The summed E-state index contributed by atoms with van der Waals surface area (Å²) < 4.78 is 0. The Morgan fingerprint density at radius 1 is 1.46 bits per heavy atom. The Morgan fingerprint density at radius 3 is 3.08 bits per heavy atom. The first kappa shape index (κ1) is 8.30. The average Bonchev–Trinajstić information content (AvgIpc) is 2.17. The van der Waals surface area contributed by atoms with Crippen molar-refractivity contribution >= 4 is 12.0 Å². The standard InChI is InChI=1S/C11H13NO/c12-10-6-2-4-8-3-1-5-9(7-13)11(8)10/h2,4,6-7,9H,1,3,5,12H2. The smallest absolute Gasteiger partial charge is 0.127 e. The highest BCUT2D eigenvalue weighted by Crippen LogP contribution is 2.33. The zero-order valence-electron chi connectivity index (χ0n) is 7.49. The number of carbonyl (C=O) groups is 1. The van der Waals surface area contributed by atoms with Crippen molar-refractivity contribution in [2.75, 3.05) is 5.73 Å². The van der Waals surface area contributed by atoms with E-state index in [0.717, 1.165) is 36.8 Å². The molecule has 1 unspecified atom stereocenters. The summed E-state index contributed by atoms with van der Waals surface area (Å²) in [5.74, 6) is 0.0324. The molecule has 1 aliphatic rings. The second-order valence-electron chi connectivity index (χ2n) is 3.55. The van der Waals surface area contributed by atoms with E-state index in [0.29, 0.717) is 0 Å². The molecule has 13 heavy (non-hydrogen) atoms. The van der Waals surface area contributed by atoms with Crippen molar-refractivity contribution in [3.8, 4) is 0 Å². The quantitative estimate of drug-likeness (QED) is 0.523. The Kier molecular flexibility index (Phi) is 2.05. The molecule has 0 amide bonds. The van der Waals surface area contributed by atoms with Gasteiger partial charge in [-0.3, -0.25) is 0 Å². The number of fused-ring (bicyclic) bond motifs is 1. The third-order valence-corrected chi connectivity index (χ3v) is 2.73. The summed E-state index contributed by atoms with van der Waals surface area (Å²) >= 11 is 0. The van der Waals surface area contributed by atoms with Crippen molar-refractivity contribution in [3.05, 3.63) is 29.3 Å². The van der Waals surface area contributed by atoms with Crippen molar-refractivity contribution in [1.29, 1.82) is 0 Å². The Balaban J connectivity index is 2.53. The third-order valence-electron chi connectivity index (χ3n) is 2.73. The Labute approximate surface area is 77.8 Å². The molecule has 68 valence electrons. The van der Waals surface area contributed by atoms with Crippen LogP contribution in [0.4, 0.5) is 5.69 Å². The molecule has 1 aromatic carbocycles. The third kappa shape index (κ3) is 1.32. The molecule has 0 radical (unpaired) electrons. The lowest BCUT2D eigenvalue weighted by molar-refractivity contribution is -0.109. The van der Waals surface area contributed by atoms with E-state index in [2.05, 4.69) is 6.07 Å². The van der Waals surface area contributed by atoms with Gasteiger partial charge in [-0.05, 0) is 36.5 Å². The highest BCUT2D eigenvalue weighted by Gasteiger charge is 2.21. The van der Waals surface area contributed by atoms with Crippen molar-refractivity contribution in [1.82, 2.24) is 0 Å². The van der Waals surface area contributed by atoms with Crippen LogP contribution in [0.15, 0.2) is 18.2 Å². The molecule has 0 heterocycles. The number of nitrogens with two attached hydrogens (primary N) is 1. The molecular weight excluding hydrogens is 162 g/mol. The molecular formula is C11H13NO. The van der Waals surface area contributed by atoms with Gasteiger partial charge < -0.3 is 10.5 Å². The normalized spacial score (nSPS) is 20.8. The van der Waals surface area contributed by atoms with Gasteiger partial charge in [0.25, 0.3) is 0 Å². The van der Waals surface area contributed by atoms with Crippen molar-refractivity contribution in [2.24, 2.45) is 0 Å². The largest absolute Gasteiger partial charge is 0.398 e. The minimum Gasteiger partial charge on any atom is -0.398 e. The van der Waals surface area contributed by atoms with Gasteiger partial charge in [0, 0.05) is 11.6 Å². The van der Waals surface area contributed by atoms with Gasteiger partial charge >= 0.3 is 0 Å². The van der Waals surface area contributed by atoms with Crippen LogP contribution in [0.5, 0.6) is 0 Å². The number of anilines is 1. The van der Waals surface area contributed by atoms with E-state index >= 15 is 0 Å². The fraction of sp³-hybridized carbons (Fsp3) is 0.364. The lowest BCUT2D eigenvalue weighted by atomic mass is 9.83. The maximum atomic E-state index is 10.8. The van der Waals surface area contributed by atoms with Gasteiger partial charge in [-0.1, -0.05) is 12.1 Å². The van der Waals surface area contributed by atoms with Gasteiger partial charge in [0.2, 0.25) is 0 Å². The minimum absolute atomic E-state index is 0.0324. The minimum atomic E-state index is 0.0324. The molecule has 0 saturated heterocycles. The van der Waals surface area contributed by atoms with Crippen LogP contribution >= 0.6 is 0 Å². The summed E-state index contributed by atoms with van der Waals surface area (Å²) in [6, 6.07) is 5.91. The van der Waals surface area contributed by atoms with E-state index in [9.17, 15) is 4.79 Å². The number of hydrogen-bond donors (Lipinski definition) is 1. The van der Waals surface area contributed by atoms with E-state index in [1.54, 1.807) is 0 Å². The molecule has 0 saturated carbocycles. The summed E-state index contributed by atoms with van der Waals surface area (Å²) in [5, 5.41) is 0. The summed E-state index contributed by atoms with van der Waals surface area (Å²) in [5.41, 5.74) is 8.95. The molecule has 1 aliphatic carbocycles. The Bertz CT molecular complexity index is 333. The molecule has 1 atom stereocenters. The van der Waals surface area contributed by atoms with Crippen LogP contribution in [-0.4, -0.2) is 6.29 Å². The van der Waals surface area contributed by atoms with E-state index in [1.165, 1.54) is 5.56 Å². The van der Waals surface area contributed by atoms with Crippen LogP contribution in [0.3, 0.4) is 0 Å². The molecule has 0 aromatic heterocycles. The number of aryl methyl sites for hydroxylation is 1. The van der Waals surface area contributed by atoms with Gasteiger partial charge in [0.1, 0.15) is 6.29 Å². The SMILES string of the molecule is Nc1cccc2c1C(C=O)CCC2. The topological polar surface area (TPSA) is 43.1 Å². The fourth-order valence-electron chi connectivity index (χ4n) is 2.10. The summed E-state index contributed by atoms with van der Waals surface area (Å²) in [6.07, 6.45) is 4.13. The fourth-order valence-corrected chi connectivity index (χ4v) is 2.10. The molecule has 0 bridgehead atoms.